The fourth-order valence-electron chi connectivity index (χ4n) is 5.33. The number of hydrogen-bond donors (Lipinski definition) is 0. The maximum Gasteiger partial charge on any atom is 0.0688 e. The van der Waals surface area contributed by atoms with E-state index in [-0.39, 0.29) is 5.60 Å². The first-order valence-electron chi connectivity index (χ1n) is 7.20. The maximum atomic E-state index is 6.10. The molecule has 3 aliphatic rings. The molecule has 4 atom stereocenters. The van der Waals surface area contributed by atoms with Gasteiger partial charge in [-0.2, -0.15) is 0 Å². The van der Waals surface area contributed by atoms with Crippen LogP contribution in [0.4, 0.5) is 0 Å². The SMILES string of the molecule is CC1(C)C=CC[C@]2(C)[C@H]3CCO[C@]3(C)CC[C@@H]12. The van der Waals surface area contributed by atoms with Crippen LogP contribution in [0.5, 0.6) is 0 Å². The van der Waals surface area contributed by atoms with Crippen LogP contribution in [0, 0.1) is 22.7 Å². The van der Waals surface area contributed by atoms with E-state index in [1.54, 1.807) is 0 Å². The quantitative estimate of drug-likeness (QED) is 0.571. The molecule has 1 saturated carbocycles. The van der Waals surface area contributed by atoms with Crippen molar-refractivity contribution in [2.45, 2.75) is 59.0 Å². The number of hydrogen-bond acceptors (Lipinski definition) is 1. The van der Waals surface area contributed by atoms with Crippen LogP contribution in [-0.2, 0) is 4.74 Å². The average Bonchev–Trinajstić information content (AvgIpc) is 2.60. The molecule has 0 unspecified atom stereocenters. The fourth-order valence-corrected chi connectivity index (χ4v) is 5.33. The summed E-state index contributed by atoms with van der Waals surface area (Å²) in [5.74, 6) is 1.60. The summed E-state index contributed by atoms with van der Waals surface area (Å²) in [4.78, 5) is 0. The van der Waals surface area contributed by atoms with E-state index < -0.39 is 0 Å². The van der Waals surface area contributed by atoms with Crippen molar-refractivity contribution in [1.82, 2.24) is 0 Å². The van der Waals surface area contributed by atoms with Gasteiger partial charge in [0.25, 0.3) is 0 Å². The Bertz CT molecular complexity index is 357. The molecule has 0 spiro atoms. The Kier molecular flexibility index (Phi) is 2.34. The molecule has 0 radical (unpaired) electrons. The molecule has 1 aliphatic heterocycles. The van der Waals surface area contributed by atoms with Crippen molar-refractivity contribution in [2.24, 2.45) is 22.7 Å². The second kappa shape index (κ2) is 3.38. The second-order valence-electron chi connectivity index (χ2n) is 7.53. The van der Waals surface area contributed by atoms with Crippen LogP contribution < -0.4 is 0 Å². The zero-order chi connectivity index (χ0) is 12.3. The van der Waals surface area contributed by atoms with Gasteiger partial charge in [0.2, 0.25) is 0 Å². The summed E-state index contributed by atoms with van der Waals surface area (Å²) in [7, 11) is 0. The topological polar surface area (TPSA) is 9.23 Å². The van der Waals surface area contributed by atoms with Gasteiger partial charge in [-0.15, -0.1) is 0 Å². The van der Waals surface area contributed by atoms with Gasteiger partial charge in [-0.3, -0.25) is 0 Å². The Labute approximate surface area is 106 Å². The molecule has 1 nitrogen and oxygen atoms in total. The smallest absolute Gasteiger partial charge is 0.0688 e. The largest absolute Gasteiger partial charge is 0.375 e. The highest BCUT2D eigenvalue weighted by molar-refractivity contribution is 5.17. The third-order valence-electron chi connectivity index (χ3n) is 6.10. The van der Waals surface area contributed by atoms with Gasteiger partial charge >= 0.3 is 0 Å². The third kappa shape index (κ3) is 1.47. The molecule has 0 aromatic heterocycles. The van der Waals surface area contributed by atoms with Gasteiger partial charge in [-0.05, 0) is 55.3 Å². The summed E-state index contributed by atoms with van der Waals surface area (Å²) in [5.41, 5.74) is 1.01. The van der Waals surface area contributed by atoms with Crippen molar-refractivity contribution in [3.63, 3.8) is 0 Å². The van der Waals surface area contributed by atoms with E-state index in [0.717, 1.165) is 18.4 Å². The van der Waals surface area contributed by atoms with E-state index in [9.17, 15) is 0 Å². The summed E-state index contributed by atoms with van der Waals surface area (Å²) >= 11 is 0. The lowest BCUT2D eigenvalue weighted by molar-refractivity contribution is -0.123. The van der Waals surface area contributed by atoms with Crippen molar-refractivity contribution in [3.8, 4) is 0 Å². The van der Waals surface area contributed by atoms with Crippen molar-refractivity contribution >= 4 is 0 Å². The van der Waals surface area contributed by atoms with E-state index in [0.29, 0.717) is 10.8 Å². The Morgan fingerprint density at radius 3 is 2.59 bits per heavy atom. The highest BCUT2D eigenvalue weighted by atomic mass is 16.5. The predicted octanol–water partition coefficient (Wildman–Crippen LogP) is 4.18. The Morgan fingerprint density at radius 2 is 1.82 bits per heavy atom. The minimum atomic E-state index is 0.173. The lowest BCUT2D eigenvalue weighted by Crippen LogP contribution is -2.54. The van der Waals surface area contributed by atoms with Crippen LogP contribution in [-0.4, -0.2) is 12.2 Å². The lowest BCUT2D eigenvalue weighted by atomic mass is 9.47. The molecular weight excluding hydrogens is 208 g/mol. The molecule has 1 heteroatoms. The minimum absolute atomic E-state index is 0.173. The highest BCUT2D eigenvalue weighted by Gasteiger charge is 2.59. The molecule has 96 valence electrons. The van der Waals surface area contributed by atoms with Crippen molar-refractivity contribution in [2.75, 3.05) is 6.61 Å². The maximum absolute atomic E-state index is 6.10. The Hall–Kier alpha value is -0.300. The lowest BCUT2D eigenvalue weighted by Gasteiger charge is -2.58. The molecule has 2 fully saturated rings. The first kappa shape index (κ1) is 11.8. The Morgan fingerprint density at radius 1 is 1.06 bits per heavy atom. The Balaban J connectivity index is 2.02. The van der Waals surface area contributed by atoms with Gasteiger partial charge in [0, 0.05) is 6.61 Å². The molecule has 0 aromatic rings. The van der Waals surface area contributed by atoms with Gasteiger partial charge in [0.05, 0.1) is 5.60 Å². The van der Waals surface area contributed by atoms with E-state index in [1.807, 2.05) is 0 Å². The minimum Gasteiger partial charge on any atom is -0.375 e. The normalized spacial score (nSPS) is 52.0. The molecule has 0 aromatic carbocycles. The van der Waals surface area contributed by atoms with Crippen LogP contribution in [0.1, 0.15) is 53.4 Å². The van der Waals surface area contributed by atoms with Gasteiger partial charge in [-0.1, -0.05) is 32.9 Å². The van der Waals surface area contributed by atoms with Gasteiger partial charge in [-0.25, -0.2) is 0 Å². The van der Waals surface area contributed by atoms with Crippen molar-refractivity contribution in [1.29, 1.82) is 0 Å². The number of ether oxygens (including phenoxy) is 1. The highest BCUT2D eigenvalue weighted by Crippen LogP contribution is 2.63. The monoisotopic (exact) mass is 234 g/mol. The van der Waals surface area contributed by atoms with E-state index in [1.165, 1.54) is 25.7 Å². The molecule has 3 rings (SSSR count). The van der Waals surface area contributed by atoms with E-state index in [2.05, 4.69) is 39.8 Å². The van der Waals surface area contributed by atoms with Gasteiger partial charge in [0.15, 0.2) is 0 Å². The third-order valence-corrected chi connectivity index (χ3v) is 6.10. The molecule has 0 N–H and O–H groups in total. The summed E-state index contributed by atoms with van der Waals surface area (Å²) in [5, 5.41) is 0. The first-order valence-corrected chi connectivity index (χ1v) is 7.20. The zero-order valence-corrected chi connectivity index (χ0v) is 11.8. The first-order chi connectivity index (χ1) is 7.89. The van der Waals surface area contributed by atoms with Crippen LogP contribution >= 0.6 is 0 Å². The van der Waals surface area contributed by atoms with Crippen LogP contribution in [0.25, 0.3) is 0 Å². The molecule has 1 heterocycles. The molecule has 0 amide bonds. The summed E-state index contributed by atoms with van der Waals surface area (Å²) in [6.45, 7) is 10.7. The van der Waals surface area contributed by atoms with Crippen molar-refractivity contribution < 1.29 is 4.74 Å². The van der Waals surface area contributed by atoms with E-state index in [4.69, 9.17) is 4.74 Å². The molecular formula is C16H26O. The molecule has 1 saturated heterocycles. The summed E-state index contributed by atoms with van der Waals surface area (Å²) in [6, 6.07) is 0. The fraction of sp³-hybridized carbons (Fsp3) is 0.875. The van der Waals surface area contributed by atoms with Crippen molar-refractivity contribution in [3.05, 3.63) is 12.2 Å². The standard InChI is InChI=1S/C16H26O/c1-14(2)8-5-9-15(3)12(14)6-10-16(4)13(15)7-11-17-16/h5,8,12-13H,6-7,9-11H2,1-4H3/t12-,13+,15-,16+/m0/s1. The number of rotatable bonds is 0. The average molecular weight is 234 g/mol. The molecule has 2 aliphatic carbocycles. The summed E-state index contributed by atoms with van der Waals surface area (Å²) < 4.78 is 6.10. The van der Waals surface area contributed by atoms with E-state index >= 15 is 0 Å². The number of allylic oxidation sites excluding steroid dienone is 2. The van der Waals surface area contributed by atoms with Crippen LogP contribution in [0.2, 0.25) is 0 Å². The molecule has 17 heavy (non-hydrogen) atoms. The predicted molar refractivity (Wildman–Crippen MR) is 70.8 cm³/mol. The summed E-state index contributed by atoms with van der Waals surface area (Å²) in [6.07, 6.45) is 10.0. The molecule has 0 bridgehead atoms. The van der Waals surface area contributed by atoms with Crippen LogP contribution in [0.3, 0.4) is 0 Å². The van der Waals surface area contributed by atoms with Gasteiger partial charge in [0.1, 0.15) is 0 Å². The zero-order valence-electron chi connectivity index (χ0n) is 11.8. The second-order valence-corrected chi connectivity index (χ2v) is 7.53. The number of fused-ring (bicyclic) bond motifs is 3. The van der Waals surface area contributed by atoms with Crippen LogP contribution in [0.15, 0.2) is 12.2 Å². The van der Waals surface area contributed by atoms with Gasteiger partial charge < -0.3 is 4.74 Å².